The minimum absolute atomic E-state index is 0.241. The topological polar surface area (TPSA) is 107 Å². The number of nitrogen functional groups attached to an aromatic ring is 1. The number of hydrogen-bond donors (Lipinski definition) is 2. The number of anilines is 2. The second-order valence-corrected chi connectivity index (χ2v) is 7.60. The number of nitrogens with zero attached hydrogens (tertiary/aromatic N) is 6. The lowest BCUT2D eigenvalue weighted by molar-refractivity contribution is 0.584. The largest absolute Gasteiger partial charge is 0.382 e. The lowest BCUT2D eigenvalue weighted by atomic mass is 10.2. The van der Waals surface area contributed by atoms with Crippen molar-refractivity contribution in [3.8, 4) is 11.5 Å². The van der Waals surface area contributed by atoms with Crippen molar-refractivity contribution >= 4 is 22.9 Å². The van der Waals surface area contributed by atoms with Crippen molar-refractivity contribution in [2.75, 3.05) is 17.6 Å². The van der Waals surface area contributed by atoms with Gasteiger partial charge in [0, 0.05) is 11.8 Å². The SMILES string of the molecule is C=C(Nc1cnc(-c2cc(C3=NCC=C3)n(Cc3ccccc3F)n2)nc1N)c1ccccn1. The number of nitrogens with two attached hydrogens (primary N) is 1. The Morgan fingerprint density at radius 2 is 2.00 bits per heavy atom. The molecule has 3 N–H and O–H groups in total. The van der Waals surface area contributed by atoms with Crippen LogP contribution in [-0.4, -0.2) is 37.0 Å². The van der Waals surface area contributed by atoms with E-state index in [4.69, 9.17) is 5.73 Å². The molecule has 4 aromatic rings. The molecule has 0 spiro atoms. The third-order valence-corrected chi connectivity index (χ3v) is 5.27. The van der Waals surface area contributed by atoms with Crippen LogP contribution >= 0.6 is 0 Å². The average molecular weight is 452 g/mol. The van der Waals surface area contributed by atoms with E-state index in [0.29, 0.717) is 40.7 Å². The second kappa shape index (κ2) is 9.07. The van der Waals surface area contributed by atoms with Gasteiger partial charge in [-0.1, -0.05) is 36.9 Å². The molecule has 168 valence electrons. The summed E-state index contributed by atoms with van der Waals surface area (Å²) >= 11 is 0. The van der Waals surface area contributed by atoms with Crippen LogP contribution in [0.2, 0.25) is 0 Å². The summed E-state index contributed by atoms with van der Waals surface area (Å²) in [7, 11) is 0. The lowest BCUT2D eigenvalue weighted by Crippen LogP contribution is -2.11. The van der Waals surface area contributed by atoms with Crippen LogP contribution in [0.1, 0.15) is 17.0 Å². The molecule has 0 bridgehead atoms. The van der Waals surface area contributed by atoms with Crippen LogP contribution < -0.4 is 11.1 Å². The molecule has 9 heteroatoms. The van der Waals surface area contributed by atoms with E-state index in [1.165, 1.54) is 6.07 Å². The first kappa shape index (κ1) is 21.2. The molecule has 0 saturated carbocycles. The molecule has 0 radical (unpaired) electrons. The van der Waals surface area contributed by atoms with Gasteiger partial charge in [0.15, 0.2) is 11.6 Å². The van der Waals surface area contributed by atoms with Gasteiger partial charge >= 0.3 is 0 Å². The van der Waals surface area contributed by atoms with Gasteiger partial charge in [-0.15, -0.1) is 0 Å². The van der Waals surface area contributed by atoms with Crippen molar-refractivity contribution in [1.29, 1.82) is 0 Å². The molecule has 0 unspecified atom stereocenters. The summed E-state index contributed by atoms with van der Waals surface area (Å²) < 4.78 is 16.0. The van der Waals surface area contributed by atoms with E-state index in [-0.39, 0.29) is 18.2 Å². The molecule has 1 aliphatic heterocycles. The molecule has 8 nitrogen and oxygen atoms in total. The normalized spacial score (nSPS) is 12.6. The highest BCUT2D eigenvalue weighted by molar-refractivity contribution is 6.09. The number of pyridine rings is 1. The van der Waals surface area contributed by atoms with Crippen LogP contribution in [0.5, 0.6) is 0 Å². The Morgan fingerprint density at radius 3 is 2.74 bits per heavy atom. The fourth-order valence-corrected chi connectivity index (χ4v) is 3.56. The first-order valence-corrected chi connectivity index (χ1v) is 10.6. The average Bonchev–Trinajstić information content (AvgIpc) is 3.52. The van der Waals surface area contributed by atoms with Crippen molar-refractivity contribution in [2.24, 2.45) is 4.99 Å². The third kappa shape index (κ3) is 4.31. The maximum absolute atomic E-state index is 14.3. The van der Waals surface area contributed by atoms with Crippen molar-refractivity contribution in [2.45, 2.75) is 6.54 Å². The lowest BCUT2D eigenvalue weighted by Gasteiger charge is -2.10. The summed E-state index contributed by atoms with van der Waals surface area (Å²) in [4.78, 5) is 17.6. The van der Waals surface area contributed by atoms with Gasteiger partial charge in [-0.25, -0.2) is 14.4 Å². The molecule has 1 aliphatic rings. The zero-order valence-corrected chi connectivity index (χ0v) is 18.2. The van der Waals surface area contributed by atoms with Crippen molar-refractivity contribution < 1.29 is 4.39 Å². The number of rotatable bonds is 7. The Kier molecular flexibility index (Phi) is 5.65. The summed E-state index contributed by atoms with van der Waals surface area (Å²) in [5, 5.41) is 7.75. The molecule has 0 amide bonds. The van der Waals surface area contributed by atoms with Crippen molar-refractivity contribution in [3.05, 3.63) is 102 Å². The quantitative estimate of drug-likeness (QED) is 0.440. The Bertz CT molecular complexity index is 1420. The van der Waals surface area contributed by atoms with Crippen LogP contribution in [-0.2, 0) is 6.54 Å². The summed E-state index contributed by atoms with van der Waals surface area (Å²) in [6.45, 7) is 4.84. The van der Waals surface area contributed by atoms with Crippen molar-refractivity contribution in [3.63, 3.8) is 0 Å². The molecule has 0 aliphatic carbocycles. The molecule has 4 heterocycles. The number of aromatic nitrogens is 5. The molecule has 5 rings (SSSR count). The van der Waals surface area contributed by atoms with Crippen molar-refractivity contribution in [1.82, 2.24) is 24.7 Å². The highest BCUT2D eigenvalue weighted by Crippen LogP contribution is 2.24. The summed E-state index contributed by atoms with van der Waals surface area (Å²) in [5.74, 6) is 0.298. The van der Waals surface area contributed by atoms with Gasteiger partial charge in [0.05, 0.1) is 42.1 Å². The number of halogens is 1. The molecule has 34 heavy (non-hydrogen) atoms. The Labute approximate surface area is 195 Å². The first-order valence-electron chi connectivity index (χ1n) is 10.6. The molecular formula is C25H21FN8. The Hall–Kier alpha value is -4.66. The van der Waals surface area contributed by atoms with E-state index in [0.717, 1.165) is 11.4 Å². The number of allylic oxidation sites excluding steroid dienone is 1. The van der Waals surface area contributed by atoms with E-state index < -0.39 is 0 Å². The fourth-order valence-electron chi connectivity index (χ4n) is 3.56. The Balaban J connectivity index is 1.45. The van der Waals surface area contributed by atoms with E-state index in [9.17, 15) is 4.39 Å². The number of nitrogens with one attached hydrogen (secondary N) is 1. The molecular weight excluding hydrogens is 431 g/mol. The predicted molar refractivity (Wildman–Crippen MR) is 131 cm³/mol. The molecule has 1 aromatic carbocycles. The number of aliphatic imine (C=N–C) groups is 1. The molecule has 0 saturated heterocycles. The summed E-state index contributed by atoms with van der Waals surface area (Å²) in [6.07, 6.45) is 7.14. The van der Waals surface area contributed by atoms with Gasteiger partial charge in [-0.05, 0) is 30.3 Å². The maximum Gasteiger partial charge on any atom is 0.182 e. The molecule has 0 atom stereocenters. The zero-order valence-electron chi connectivity index (χ0n) is 18.2. The van der Waals surface area contributed by atoms with Crippen LogP contribution in [0.25, 0.3) is 17.2 Å². The van der Waals surface area contributed by atoms with Crippen LogP contribution in [0, 0.1) is 5.82 Å². The molecule has 3 aromatic heterocycles. The third-order valence-electron chi connectivity index (χ3n) is 5.27. The maximum atomic E-state index is 14.3. The summed E-state index contributed by atoms with van der Waals surface area (Å²) in [6, 6.07) is 14.0. The van der Waals surface area contributed by atoms with E-state index in [2.05, 4.69) is 36.9 Å². The summed E-state index contributed by atoms with van der Waals surface area (Å²) in [5.41, 5.74) is 10.5. The number of benzene rings is 1. The van der Waals surface area contributed by atoms with Gasteiger partial charge in [-0.2, -0.15) is 5.10 Å². The highest BCUT2D eigenvalue weighted by Gasteiger charge is 2.18. The second-order valence-electron chi connectivity index (χ2n) is 7.60. The monoisotopic (exact) mass is 452 g/mol. The van der Waals surface area contributed by atoms with Gasteiger partial charge in [0.2, 0.25) is 0 Å². The minimum atomic E-state index is -0.293. The van der Waals surface area contributed by atoms with Gasteiger partial charge in [-0.3, -0.25) is 14.7 Å². The minimum Gasteiger partial charge on any atom is -0.382 e. The Morgan fingerprint density at radius 1 is 1.15 bits per heavy atom. The van der Waals surface area contributed by atoms with Gasteiger partial charge < -0.3 is 11.1 Å². The standard InChI is InChI=1S/C25H21FN8/c1-16(19-9-4-5-11-28-19)31-22-14-30-25(32-24(22)27)21-13-23(20-10-6-12-29-20)34(33-21)15-17-7-2-3-8-18(17)26/h2-11,13-14,31H,1,12,15H2,(H2,27,30,32). The van der Waals surface area contributed by atoms with Crippen LogP contribution in [0.15, 0.2) is 84.6 Å². The van der Waals surface area contributed by atoms with E-state index in [1.54, 1.807) is 35.3 Å². The van der Waals surface area contributed by atoms with Gasteiger partial charge in [0.1, 0.15) is 17.2 Å². The smallest absolute Gasteiger partial charge is 0.182 e. The highest BCUT2D eigenvalue weighted by atomic mass is 19.1. The number of hydrogen-bond acceptors (Lipinski definition) is 7. The van der Waals surface area contributed by atoms with E-state index >= 15 is 0 Å². The van der Waals surface area contributed by atoms with E-state index in [1.807, 2.05) is 36.4 Å². The van der Waals surface area contributed by atoms with Crippen LogP contribution in [0.3, 0.4) is 0 Å². The zero-order chi connectivity index (χ0) is 23.5. The fraction of sp³-hybridized carbons (Fsp3) is 0.0800. The first-order chi connectivity index (χ1) is 16.6. The predicted octanol–water partition coefficient (Wildman–Crippen LogP) is 3.95. The molecule has 0 fully saturated rings. The van der Waals surface area contributed by atoms with Crippen LogP contribution in [0.4, 0.5) is 15.9 Å². The van der Waals surface area contributed by atoms with Gasteiger partial charge in [0.25, 0.3) is 0 Å².